The van der Waals surface area contributed by atoms with E-state index in [1.165, 1.54) is 0 Å². The van der Waals surface area contributed by atoms with Gasteiger partial charge in [-0.2, -0.15) is 9.83 Å². The molecule has 0 atom stereocenters. The lowest BCUT2D eigenvalue weighted by Gasteiger charge is -2.23. The third kappa shape index (κ3) is 3.29. The molecule has 34 heavy (non-hydrogen) atoms. The first-order valence-corrected chi connectivity index (χ1v) is 11.1. The van der Waals surface area contributed by atoms with Gasteiger partial charge < -0.3 is 19.7 Å². The Bertz CT molecular complexity index is 1460. The van der Waals surface area contributed by atoms with Crippen LogP contribution in [0.5, 0.6) is 11.5 Å². The van der Waals surface area contributed by atoms with Crippen LogP contribution in [-0.4, -0.2) is 24.4 Å². The number of nitrogens with zero attached hydrogens (tertiary/aromatic N) is 2. The van der Waals surface area contributed by atoms with E-state index in [1.54, 1.807) is 14.2 Å². The Morgan fingerprint density at radius 3 is 2.26 bits per heavy atom. The molecule has 0 radical (unpaired) electrons. The van der Waals surface area contributed by atoms with Crippen LogP contribution in [0.1, 0.15) is 22.4 Å². The molecule has 0 unspecified atom stereocenters. The fourth-order valence-electron chi connectivity index (χ4n) is 5.02. The van der Waals surface area contributed by atoms with Gasteiger partial charge in [0.15, 0.2) is 24.1 Å². The summed E-state index contributed by atoms with van der Waals surface area (Å²) in [6.45, 7) is 0.234. The molecule has 0 fully saturated rings. The van der Waals surface area contributed by atoms with Crippen molar-refractivity contribution in [2.75, 3.05) is 14.2 Å². The summed E-state index contributed by atoms with van der Waals surface area (Å²) >= 11 is 0. The number of benzene rings is 3. The first-order chi connectivity index (χ1) is 16.6. The van der Waals surface area contributed by atoms with E-state index in [0.717, 1.165) is 38.7 Å². The highest BCUT2D eigenvalue weighted by Crippen LogP contribution is 2.46. The van der Waals surface area contributed by atoms with Crippen molar-refractivity contribution in [3.63, 3.8) is 0 Å². The van der Waals surface area contributed by atoms with Crippen molar-refractivity contribution in [3.8, 4) is 40.0 Å². The number of ether oxygens (including phenoxy) is 2. The van der Waals surface area contributed by atoms with Gasteiger partial charge in [-0.3, -0.25) is 0 Å². The molecule has 0 spiro atoms. The van der Waals surface area contributed by atoms with E-state index in [4.69, 9.17) is 9.47 Å². The zero-order chi connectivity index (χ0) is 23.8. The van der Waals surface area contributed by atoms with E-state index in [2.05, 4.69) is 18.2 Å². The highest BCUT2D eigenvalue weighted by Gasteiger charge is 2.33. The molecule has 170 valence electrons. The van der Waals surface area contributed by atoms with Crippen LogP contribution in [0.15, 0.2) is 54.6 Å². The lowest BCUT2D eigenvalue weighted by atomic mass is 9.89. The maximum Gasteiger partial charge on any atom is 0.291 e. The standard InChI is InChI=1S/C28H25N2O4/c1-33-27-21-8-9-30-25(24(21)13-23(28(27)34-2)17-6-4-3-5-7-17)12-18-10-19(15-31)20(16-32)11-22(18)26(30)14-29/h3-7,10-13,31-32H,8-9,15-16H2,1-2H3/q+1. The number of aliphatic hydroxyl groups excluding tert-OH is 2. The number of methoxy groups -OCH3 is 2. The van der Waals surface area contributed by atoms with Crippen molar-refractivity contribution in [1.82, 2.24) is 0 Å². The number of pyridine rings is 1. The summed E-state index contributed by atoms with van der Waals surface area (Å²) < 4.78 is 13.7. The Hall–Kier alpha value is -3.92. The Morgan fingerprint density at radius 2 is 1.62 bits per heavy atom. The lowest BCUT2D eigenvalue weighted by Crippen LogP contribution is -2.43. The summed E-state index contributed by atoms with van der Waals surface area (Å²) in [6.07, 6.45) is 0.684. The minimum absolute atomic E-state index is 0.183. The van der Waals surface area contributed by atoms with Crippen molar-refractivity contribution in [1.29, 1.82) is 5.26 Å². The van der Waals surface area contributed by atoms with Gasteiger partial charge in [-0.1, -0.05) is 30.3 Å². The van der Waals surface area contributed by atoms with E-state index in [9.17, 15) is 15.5 Å². The summed E-state index contributed by atoms with van der Waals surface area (Å²) in [5.41, 5.74) is 6.66. The molecule has 5 rings (SSSR count). The third-order valence-electron chi connectivity index (χ3n) is 6.62. The molecule has 0 bridgehead atoms. The SMILES string of the molecule is COc1c(-c2ccccc2)cc2c(c1OC)CC[n+]1c-2cc2cc(CO)c(CO)cc2c1C#N. The van der Waals surface area contributed by atoms with Crippen molar-refractivity contribution in [2.24, 2.45) is 0 Å². The second-order valence-electron chi connectivity index (χ2n) is 8.30. The molecule has 6 nitrogen and oxygen atoms in total. The molecule has 0 aliphatic carbocycles. The quantitative estimate of drug-likeness (QED) is 0.448. The van der Waals surface area contributed by atoms with Gasteiger partial charge in [0.05, 0.1) is 38.4 Å². The van der Waals surface area contributed by atoms with E-state index < -0.39 is 0 Å². The molecule has 2 heterocycles. The predicted molar refractivity (Wildman–Crippen MR) is 128 cm³/mol. The zero-order valence-electron chi connectivity index (χ0n) is 19.1. The van der Waals surface area contributed by atoms with E-state index in [1.807, 2.05) is 47.0 Å². The smallest absolute Gasteiger partial charge is 0.291 e. The molecule has 1 aliphatic rings. The molecule has 0 amide bonds. The van der Waals surface area contributed by atoms with Crippen LogP contribution in [0.25, 0.3) is 33.2 Å². The first-order valence-electron chi connectivity index (χ1n) is 11.1. The Labute approximate surface area is 197 Å². The van der Waals surface area contributed by atoms with Gasteiger partial charge in [-0.15, -0.1) is 0 Å². The molecule has 3 aromatic carbocycles. The number of hydrogen-bond donors (Lipinski definition) is 2. The van der Waals surface area contributed by atoms with Crippen molar-refractivity contribution < 1.29 is 24.3 Å². The minimum Gasteiger partial charge on any atom is -0.493 e. The molecule has 6 heteroatoms. The van der Waals surface area contributed by atoms with Gasteiger partial charge in [0.1, 0.15) is 0 Å². The number of hydrogen-bond acceptors (Lipinski definition) is 5. The van der Waals surface area contributed by atoms with Gasteiger partial charge in [0, 0.05) is 23.6 Å². The lowest BCUT2D eigenvalue weighted by molar-refractivity contribution is -0.688. The second kappa shape index (κ2) is 8.79. The second-order valence-corrected chi connectivity index (χ2v) is 8.30. The van der Waals surface area contributed by atoms with Crippen LogP contribution in [0.2, 0.25) is 0 Å². The minimum atomic E-state index is -0.196. The molecular weight excluding hydrogens is 428 g/mol. The molecule has 2 N–H and O–H groups in total. The maximum absolute atomic E-state index is 10.1. The molecule has 1 aliphatic heterocycles. The van der Waals surface area contributed by atoms with E-state index in [-0.39, 0.29) is 13.2 Å². The summed E-state index contributed by atoms with van der Waals surface area (Å²) in [6, 6.07) is 20.2. The molecule has 4 aromatic rings. The summed E-state index contributed by atoms with van der Waals surface area (Å²) in [7, 11) is 3.30. The van der Waals surface area contributed by atoms with Gasteiger partial charge in [0.2, 0.25) is 5.69 Å². The number of fused-ring (bicyclic) bond motifs is 4. The topological polar surface area (TPSA) is 86.6 Å². The van der Waals surface area contributed by atoms with Gasteiger partial charge in [-0.25, -0.2) is 0 Å². The van der Waals surface area contributed by atoms with Gasteiger partial charge in [0.25, 0.3) is 5.69 Å². The fraction of sp³-hybridized carbons (Fsp3) is 0.214. The van der Waals surface area contributed by atoms with Gasteiger partial charge >= 0.3 is 0 Å². The van der Waals surface area contributed by atoms with Crippen molar-refractivity contribution >= 4 is 10.8 Å². The number of aromatic nitrogens is 1. The Morgan fingerprint density at radius 1 is 0.912 bits per heavy atom. The van der Waals surface area contributed by atoms with Crippen molar-refractivity contribution in [2.45, 2.75) is 26.2 Å². The normalized spacial score (nSPS) is 12.1. The van der Waals surface area contributed by atoms with Gasteiger partial charge in [-0.05, 0) is 40.3 Å². The average Bonchev–Trinajstić information content (AvgIpc) is 2.89. The van der Waals surface area contributed by atoms with Crippen LogP contribution in [-0.2, 0) is 26.2 Å². The van der Waals surface area contributed by atoms with Crippen LogP contribution >= 0.6 is 0 Å². The highest BCUT2D eigenvalue weighted by atomic mass is 16.5. The Kier molecular flexibility index (Phi) is 5.66. The van der Waals surface area contributed by atoms with E-state index >= 15 is 0 Å². The zero-order valence-corrected chi connectivity index (χ0v) is 19.1. The fourth-order valence-corrected chi connectivity index (χ4v) is 5.02. The van der Waals surface area contributed by atoms with Crippen LogP contribution in [0.4, 0.5) is 0 Å². The number of nitriles is 1. The number of aliphatic hydroxyl groups is 2. The maximum atomic E-state index is 10.1. The van der Waals surface area contributed by atoms with Crippen LogP contribution < -0.4 is 14.0 Å². The molecule has 0 saturated heterocycles. The molecular formula is C28H25N2O4+. The van der Waals surface area contributed by atoms with E-state index in [0.29, 0.717) is 41.3 Å². The van der Waals surface area contributed by atoms with Crippen LogP contribution in [0.3, 0.4) is 0 Å². The monoisotopic (exact) mass is 453 g/mol. The van der Waals surface area contributed by atoms with Crippen molar-refractivity contribution in [3.05, 3.63) is 77.0 Å². The summed E-state index contributed by atoms with van der Waals surface area (Å²) in [5, 5.41) is 31.3. The third-order valence-corrected chi connectivity index (χ3v) is 6.62. The predicted octanol–water partition coefficient (Wildman–Crippen LogP) is 3.89. The highest BCUT2D eigenvalue weighted by molar-refractivity contribution is 5.91. The molecule has 1 aromatic heterocycles. The largest absolute Gasteiger partial charge is 0.493 e. The summed E-state index contributed by atoms with van der Waals surface area (Å²) in [4.78, 5) is 0. The Balaban J connectivity index is 1.86. The first kappa shape index (κ1) is 21.9. The summed E-state index contributed by atoms with van der Waals surface area (Å²) in [5.74, 6) is 1.40. The average molecular weight is 454 g/mol. The molecule has 0 saturated carbocycles. The van der Waals surface area contributed by atoms with Crippen LogP contribution in [0, 0.1) is 11.3 Å². The number of rotatable bonds is 5.